The molecule has 0 bridgehead atoms. The van der Waals surface area contributed by atoms with Gasteiger partial charge in [0.05, 0.1) is 0 Å². The number of carbonyl (C=O) groups excluding carboxylic acids is 1. The first-order valence-electron chi connectivity index (χ1n) is 4.26. The molecule has 2 atom stereocenters. The standard InChI is InChI=1S/C9H16O/c1-3-8-5-4-7(2)6-9(8)10/h7-8H,3-6H2,1-2H3/t7-,8-/m1/s1. The summed E-state index contributed by atoms with van der Waals surface area (Å²) in [5.74, 6) is 1.55. The van der Waals surface area contributed by atoms with Gasteiger partial charge < -0.3 is 0 Å². The Morgan fingerprint density at radius 3 is 2.70 bits per heavy atom. The average Bonchev–Trinajstić information content (AvgIpc) is 1.88. The van der Waals surface area contributed by atoms with Crippen molar-refractivity contribution in [3.05, 3.63) is 0 Å². The molecule has 0 aromatic carbocycles. The first-order valence-corrected chi connectivity index (χ1v) is 4.26. The number of Topliss-reactive ketones (excluding diaryl/α,β-unsaturated/α-hetero) is 1. The van der Waals surface area contributed by atoms with E-state index in [1.54, 1.807) is 0 Å². The minimum atomic E-state index is 0.399. The lowest BCUT2D eigenvalue weighted by Crippen LogP contribution is -2.22. The van der Waals surface area contributed by atoms with Crippen molar-refractivity contribution >= 4 is 5.78 Å². The van der Waals surface area contributed by atoms with E-state index in [4.69, 9.17) is 0 Å². The number of ketones is 1. The minimum absolute atomic E-state index is 0.399. The highest BCUT2D eigenvalue weighted by atomic mass is 16.1. The summed E-state index contributed by atoms with van der Waals surface area (Å²) in [7, 11) is 0. The summed E-state index contributed by atoms with van der Waals surface area (Å²) in [6.07, 6.45) is 4.27. The predicted molar refractivity (Wildman–Crippen MR) is 41.8 cm³/mol. The van der Waals surface area contributed by atoms with Gasteiger partial charge >= 0.3 is 0 Å². The summed E-state index contributed by atoms with van der Waals surface area (Å²) < 4.78 is 0. The molecule has 1 nitrogen and oxygen atoms in total. The molecule has 0 saturated heterocycles. The summed E-state index contributed by atoms with van der Waals surface area (Å²) >= 11 is 0. The molecular weight excluding hydrogens is 124 g/mol. The van der Waals surface area contributed by atoms with Gasteiger partial charge in [-0.25, -0.2) is 0 Å². The van der Waals surface area contributed by atoms with Crippen LogP contribution < -0.4 is 0 Å². The fourth-order valence-corrected chi connectivity index (χ4v) is 1.69. The number of hydrogen-bond donors (Lipinski definition) is 0. The van der Waals surface area contributed by atoms with E-state index in [-0.39, 0.29) is 0 Å². The Kier molecular flexibility index (Phi) is 2.47. The summed E-state index contributed by atoms with van der Waals surface area (Å²) in [5.41, 5.74) is 0. The summed E-state index contributed by atoms with van der Waals surface area (Å²) in [4.78, 5) is 11.2. The molecule has 0 aromatic rings. The molecule has 0 unspecified atom stereocenters. The first kappa shape index (κ1) is 7.77. The predicted octanol–water partition coefficient (Wildman–Crippen LogP) is 2.40. The highest BCUT2D eigenvalue weighted by molar-refractivity contribution is 5.81. The highest BCUT2D eigenvalue weighted by Crippen LogP contribution is 2.26. The molecule has 0 heterocycles. The fraction of sp³-hybridized carbons (Fsp3) is 0.889. The number of carbonyl (C=O) groups is 1. The lowest BCUT2D eigenvalue weighted by Gasteiger charge is -2.23. The topological polar surface area (TPSA) is 17.1 Å². The molecular formula is C9H16O. The van der Waals surface area contributed by atoms with Gasteiger partial charge in [0, 0.05) is 12.3 Å². The molecule has 1 aliphatic rings. The molecule has 1 aliphatic carbocycles. The zero-order chi connectivity index (χ0) is 7.56. The van der Waals surface area contributed by atoms with Gasteiger partial charge in [-0.2, -0.15) is 0 Å². The van der Waals surface area contributed by atoms with Crippen molar-refractivity contribution in [3.8, 4) is 0 Å². The first-order chi connectivity index (χ1) is 4.74. The quantitative estimate of drug-likeness (QED) is 0.546. The Morgan fingerprint density at radius 2 is 2.20 bits per heavy atom. The number of hydrogen-bond acceptors (Lipinski definition) is 1. The molecule has 0 aliphatic heterocycles. The van der Waals surface area contributed by atoms with Gasteiger partial charge in [-0.05, 0) is 25.2 Å². The zero-order valence-electron chi connectivity index (χ0n) is 6.89. The largest absolute Gasteiger partial charge is 0.299 e. The van der Waals surface area contributed by atoms with Crippen LogP contribution in [0.1, 0.15) is 39.5 Å². The average molecular weight is 140 g/mol. The Hall–Kier alpha value is -0.330. The van der Waals surface area contributed by atoms with Crippen molar-refractivity contribution in [2.24, 2.45) is 11.8 Å². The Balaban J connectivity index is 2.43. The normalized spacial score (nSPS) is 34.4. The van der Waals surface area contributed by atoms with E-state index in [1.807, 2.05) is 0 Å². The summed E-state index contributed by atoms with van der Waals surface area (Å²) in [5, 5.41) is 0. The third-order valence-corrected chi connectivity index (χ3v) is 2.51. The van der Waals surface area contributed by atoms with Crippen molar-refractivity contribution in [2.45, 2.75) is 39.5 Å². The molecule has 1 rings (SSSR count). The molecule has 0 aromatic heterocycles. The van der Waals surface area contributed by atoms with E-state index in [1.165, 1.54) is 6.42 Å². The summed E-state index contributed by atoms with van der Waals surface area (Å²) in [6.45, 7) is 4.28. The Bertz CT molecular complexity index is 129. The second-order valence-corrected chi connectivity index (χ2v) is 3.46. The molecule has 58 valence electrons. The Labute approximate surface area is 62.8 Å². The van der Waals surface area contributed by atoms with E-state index in [0.717, 1.165) is 19.3 Å². The second kappa shape index (κ2) is 3.18. The SMILES string of the molecule is CC[C@@H]1CC[C@@H](C)CC1=O. The van der Waals surface area contributed by atoms with Crippen LogP contribution in [0.4, 0.5) is 0 Å². The zero-order valence-corrected chi connectivity index (χ0v) is 6.89. The van der Waals surface area contributed by atoms with Crippen LogP contribution in [0.3, 0.4) is 0 Å². The highest BCUT2D eigenvalue weighted by Gasteiger charge is 2.24. The van der Waals surface area contributed by atoms with Gasteiger partial charge in [-0.1, -0.05) is 13.8 Å². The molecule has 1 saturated carbocycles. The van der Waals surface area contributed by atoms with Crippen molar-refractivity contribution in [3.63, 3.8) is 0 Å². The monoisotopic (exact) mass is 140 g/mol. The van der Waals surface area contributed by atoms with Crippen LogP contribution >= 0.6 is 0 Å². The van der Waals surface area contributed by atoms with Gasteiger partial charge in [0.2, 0.25) is 0 Å². The molecule has 0 radical (unpaired) electrons. The van der Waals surface area contributed by atoms with Crippen LogP contribution in [0.2, 0.25) is 0 Å². The molecule has 0 spiro atoms. The van der Waals surface area contributed by atoms with Crippen LogP contribution in [0.5, 0.6) is 0 Å². The third-order valence-electron chi connectivity index (χ3n) is 2.51. The lowest BCUT2D eigenvalue weighted by atomic mass is 9.81. The van der Waals surface area contributed by atoms with Crippen LogP contribution in [0.15, 0.2) is 0 Å². The Morgan fingerprint density at radius 1 is 1.50 bits per heavy atom. The smallest absolute Gasteiger partial charge is 0.136 e. The van der Waals surface area contributed by atoms with Crippen molar-refractivity contribution in [2.75, 3.05) is 0 Å². The van der Waals surface area contributed by atoms with E-state index >= 15 is 0 Å². The van der Waals surface area contributed by atoms with Crippen molar-refractivity contribution < 1.29 is 4.79 Å². The van der Waals surface area contributed by atoms with Crippen LogP contribution in [0, 0.1) is 11.8 Å². The molecule has 0 N–H and O–H groups in total. The van der Waals surface area contributed by atoms with Gasteiger partial charge in [0.25, 0.3) is 0 Å². The minimum Gasteiger partial charge on any atom is -0.299 e. The lowest BCUT2D eigenvalue weighted by molar-refractivity contribution is -0.125. The van der Waals surface area contributed by atoms with Crippen molar-refractivity contribution in [1.29, 1.82) is 0 Å². The van der Waals surface area contributed by atoms with Gasteiger partial charge in [0.15, 0.2) is 0 Å². The van der Waals surface area contributed by atoms with Crippen LogP contribution in [-0.2, 0) is 4.79 Å². The maximum atomic E-state index is 11.2. The second-order valence-electron chi connectivity index (χ2n) is 3.46. The van der Waals surface area contributed by atoms with E-state index in [2.05, 4.69) is 13.8 Å². The molecule has 1 fully saturated rings. The van der Waals surface area contributed by atoms with E-state index < -0.39 is 0 Å². The fourth-order valence-electron chi connectivity index (χ4n) is 1.69. The number of rotatable bonds is 1. The molecule has 0 amide bonds. The maximum absolute atomic E-state index is 11.2. The maximum Gasteiger partial charge on any atom is 0.136 e. The van der Waals surface area contributed by atoms with Crippen molar-refractivity contribution in [1.82, 2.24) is 0 Å². The van der Waals surface area contributed by atoms with Gasteiger partial charge in [-0.3, -0.25) is 4.79 Å². The molecule has 10 heavy (non-hydrogen) atoms. The van der Waals surface area contributed by atoms with Gasteiger partial charge in [-0.15, -0.1) is 0 Å². The van der Waals surface area contributed by atoms with Crippen LogP contribution in [0.25, 0.3) is 0 Å². The third kappa shape index (κ3) is 1.59. The van der Waals surface area contributed by atoms with Crippen LogP contribution in [-0.4, -0.2) is 5.78 Å². The summed E-state index contributed by atoms with van der Waals surface area (Å²) in [6, 6.07) is 0. The van der Waals surface area contributed by atoms with Gasteiger partial charge in [0.1, 0.15) is 5.78 Å². The van der Waals surface area contributed by atoms with E-state index in [9.17, 15) is 4.79 Å². The van der Waals surface area contributed by atoms with E-state index in [0.29, 0.717) is 17.6 Å². The molecule has 1 heteroatoms.